The molecule has 0 heterocycles. The molecule has 0 radical (unpaired) electrons. The summed E-state index contributed by atoms with van der Waals surface area (Å²) >= 11 is 0. The second-order valence-corrected chi connectivity index (χ2v) is 3.17. The lowest BCUT2D eigenvalue weighted by atomic mass is 10.0. The number of alkyl halides is 10. The molecule has 12 heteroatoms. The van der Waals surface area contributed by atoms with Crippen molar-refractivity contribution < 1.29 is 43.9 Å². The predicted octanol–water partition coefficient (Wildman–Crippen LogP) is 2.26. The second-order valence-electron chi connectivity index (χ2n) is 3.17. The van der Waals surface area contributed by atoms with Gasteiger partial charge in [0.2, 0.25) is 0 Å². The molecule has 0 saturated carbocycles. The standard InChI is InChI=1S/C6H6F10N2/c1-18-6(15,16)4(11,12)2(7,8)3(9,10)5(13,14)17/h18H,17H2,1H3. The normalized spacial score (nSPS) is 16.0. The van der Waals surface area contributed by atoms with Crippen molar-refractivity contribution >= 4 is 0 Å². The highest BCUT2D eigenvalue weighted by molar-refractivity contribution is 5.06. The van der Waals surface area contributed by atoms with E-state index in [-0.39, 0.29) is 7.05 Å². The van der Waals surface area contributed by atoms with Crippen LogP contribution in [-0.4, -0.2) is 36.9 Å². The van der Waals surface area contributed by atoms with Gasteiger partial charge in [-0.05, 0) is 7.05 Å². The summed E-state index contributed by atoms with van der Waals surface area (Å²) in [4.78, 5) is 0. The van der Waals surface area contributed by atoms with Crippen LogP contribution in [0.2, 0.25) is 0 Å². The van der Waals surface area contributed by atoms with E-state index in [4.69, 9.17) is 0 Å². The van der Waals surface area contributed by atoms with Gasteiger partial charge in [-0.2, -0.15) is 43.9 Å². The third-order valence-electron chi connectivity index (χ3n) is 1.92. The molecule has 0 amide bonds. The van der Waals surface area contributed by atoms with Gasteiger partial charge in [-0.25, -0.2) is 0 Å². The van der Waals surface area contributed by atoms with Gasteiger partial charge in [-0.1, -0.05) is 0 Å². The Balaban J connectivity index is 5.80. The lowest BCUT2D eigenvalue weighted by Crippen LogP contribution is -2.71. The van der Waals surface area contributed by atoms with Crippen molar-refractivity contribution in [2.75, 3.05) is 7.05 Å². The fourth-order valence-electron chi connectivity index (χ4n) is 0.761. The first kappa shape index (κ1) is 17.2. The molecule has 2 nitrogen and oxygen atoms in total. The molecule has 0 spiro atoms. The van der Waals surface area contributed by atoms with E-state index in [1.54, 1.807) is 0 Å². The molecule has 0 atom stereocenters. The maximum absolute atomic E-state index is 12.6. The summed E-state index contributed by atoms with van der Waals surface area (Å²) < 4.78 is 124. The topological polar surface area (TPSA) is 38.0 Å². The Morgan fingerprint density at radius 2 is 1.00 bits per heavy atom. The number of hydrogen-bond donors (Lipinski definition) is 2. The lowest BCUT2D eigenvalue weighted by molar-refractivity contribution is -0.404. The van der Waals surface area contributed by atoms with Crippen LogP contribution in [0.4, 0.5) is 43.9 Å². The van der Waals surface area contributed by atoms with Gasteiger partial charge in [0, 0.05) is 0 Å². The molecule has 0 aromatic heterocycles. The molecule has 110 valence electrons. The van der Waals surface area contributed by atoms with E-state index in [2.05, 4.69) is 5.73 Å². The zero-order valence-electron chi connectivity index (χ0n) is 8.36. The van der Waals surface area contributed by atoms with Crippen molar-refractivity contribution in [1.82, 2.24) is 5.32 Å². The molecule has 0 aliphatic carbocycles. The van der Waals surface area contributed by atoms with Gasteiger partial charge in [0.15, 0.2) is 0 Å². The van der Waals surface area contributed by atoms with Crippen LogP contribution >= 0.6 is 0 Å². The van der Waals surface area contributed by atoms with E-state index >= 15 is 0 Å². The Morgan fingerprint density at radius 3 is 1.22 bits per heavy atom. The van der Waals surface area contributed by atoms with Crippen molar-refractivity contribution in [3.63, 3.8) is 0 Å². The minimum atomic E-state index is -7.09. The highest BCUT2D eigenvalue weighted by Crippen LogP contribution is 2.54. The average molecular weight is 296 g/mol. The van der Waals surface area contributed by atoms with E-state index in [9.17, 15) is 43.9 Å². The number of halogens is 10. The van der Waals surface area contributed by atoms with Gasteiger partial charge in [0.05, 0.1) is 0 Å². The molecule has 0 aromatic rings. The molecule has 0 bridgehead atoms. The Kier molecular flexibility index (Phi) is 3.94. The minimum Gasteiger partial charge on any atom is -0.267 e. The number of nitrogens with two attached hydrogens (primary N) is 1. The summed E-state index contributed by atoms with van der Waals surface area (Å²) in [6.07, 6.45) is 0. The summed E-state index contributed by atoms with van der Waals surface area (Å²) in [6, 6.07) is -12.0. The summed E-state index contributed by atoms with van der Waals surface area (Å²) in [7, 11) is 0.0444. The number of nitrogens with one attached hydrogen (secondary N) is 1. The van der Waals surface area contributed by atoms with Crippen molar-refractivity contribution in [2.24, 2.45) is 5.73 Å². The molecule has 0 fully saturated rings. The third-order valence-corrected chi connectivity index (χ3v) is 1.92. The molecule has 0 rings (SSSR count). The molecule has 0 saturated heterocycles. The Bertz CT molecular complexity index is 306. The first-order valence-electron chi connectivity index (χ1n) is 3.93. The monoisotopic (exact) mass is 296 g/mol. The Morgan fingerprint density at radius 1 is 0.667 bits per heavy atom. The lowest BCUT2D eigenvalue weighted by Gasteiger charge is -2.37. The fourth-order valence-corrected chi connectivity index (χ4v) is 0.761. The van der Waals surface area contributed by atoms with Crippen molar-refractivity contribution in [3.05, 3.63) is 0 Å². The van der Waals surface area contributed by atoms with Crippen LogP contribution in [0.5, 0.6) is 0 Å². The highest BCUT2D eigenvalue weighted by Gasteiger charge is 2.85. The van der Waals surface area contributed by atoms with E-state index in [1.165, 1.54) is 0 Å². The number of rotatable bonds is 5. The van der Waals surface area contributed by atoms with E-state index < -0.39 is 29.9 Å². The van der Waals surface area contributed by atoms with Crippen molar-refractivity contribution in [3.8, 4) is 0 Å². The van der Waals surface area contributed by atoms with Gasteiger partial charge >= 0.3 is 29.9 Å². The quantitative estimate of drug-likeness (QED) is 0.603. The maximum atomic E-state index is 12.6. The van der Waals surface area contributed by atoms with E-state index in [0.29, 0.717) is 5.32 Å². The largest absolute Gasteiger partial charge is 0.392 e. The summed E-state index contributed by atoms with van der Waals surface area (Å²) in [5.74, 6) is -20.8. The number of hydrogen-bond acceptors (Lipinski definition) is 2. The molecule has 0 aliphatic rings. The maximum Gasteiger partial charge on any atom is 0.392 e. The van der Waals surface area contributed by atoms with Gasteiger partial charge in [0.1, 0.15) is 0 Å². The van der Waals surface area contributed by atoms with Crippen LogP contribution in [0.3, 0.4) is 0 Å². The first-order valence-corrected chi connectivity index (χ1v) is 3.93. The zero-order chi connectivity index (χ0) is 15.2. The van der Waals surface area contributed by atoms with Gasteiger partial charge < -0.3 is 0 Å². The predicted molar refractivity (Wildman–Crippen MR) is 38.0 cm³/mol. The van der Waals surface area contributed by atoms with Gasteiger partial charge in [-0.15, -0.1) is 0 Å². The summed E-state index contributed by atoms with van der Waals surface area (Å²) in [5.41, 5.74) is 3.32. The van der Waals surface area contributed by atoms with Crippen LogP contribution in [0.1, 0.15) is 0 Å². The Labute approximate surface area is 93.1 Å². The third kappa shape index (κ3) is 2.11. The molecular weight excluding hydrogens is 290 g/mol. The van der Waals surface area contributed by atoms with Gasteiger partial charge in [-0.3, -0.25) is 11.1 Å². The molecule has 0 aliphatic heterocycles. The summed E-state index contributed by atoms with van der Waals surface area (Å²) in [6.45, 7) is 0. The minimum absolute atomic E-state index is 0.0444. The highest BCUT2D eigenvalue weighted by atomic mass is 19.4. The summed E-state index contributed by atoms with van der Waals surface area (Å²) in [5, 5.41) is 0.329. The van der Waals surface area contributed by atoms with Crippen LogP contribution < -0.4 is 11.1 Å². The smallest absolute Gasteiger partial charge is 0.267 e. The van der Waals surface area contributed by atoms with E-state index in [0.717, 1.165) is 0 Å². The van der Waals surface area contributed by atoms with Crippen molar-refractivity contribution in [2.45, 2.75) is 29.9 Å². The SMILES string of the molecule is CNC(F)(F)C(F)(F)C(F)(F)C(F)(F)C(N)(F)F. The fraction of sp³-hybridized carbons (Fsp3) is 1.00. The second kappa shape index (κ2) is 4.11. The molecular formula is C6H6F10N2. The van der Waals surface area contributed by atoms with Gasteiger partial charge in [0.25, 0.3) is 0 Å². The molecule has 0 aromatic carbocycles. The Hall–Kier alpha value is -0.780. The first-order chi connectivity index (χ1) is 7.56. The van der Waals surface area contributed by atoms with E-state index in [1.807, 2.05) is 0 Å². The van der Waals surface area contributed by atoms with Crippen molar-refractivity contribution in [1.29, 1.82) is 0 Å². The zero-order valence-corrected chi connectivity index (χ0v) is 8.36. The molecule has 3 N–H and O–H groups in total. The molecule has 0 unspecified atom stereocenters. The van der Waals surface area contributed by atoms with Crippen LogP contribution in [0.15, 0.2) is 0 Å². The average Bonchev–Trinajstić information content (AvgIpc) is 2.15. The molecule has 18 heavy (non-hydrogen) atoms. The van der Waals surface area contributed by atoms with Crippen LogP contribution in [0, 0.1) is 0 Å². The van der Waals surface area contributed by atoms with Crippen LogP contribution in [-0.2, 0) is 0 Å². The van der Waals surface area contributed by atoms with Crippen LogP contribution in [0.25, 0.3) is 0 Å².